The van der Waals surface area contributed by atoms with E-state index in [1.807, 2.05) is 0 Å². The normalized spacial score (nSPS) is 9.56. The van der Waals surface area contributed by atoms with Crippen LogP contribution in [-0.2, 0) is 0 Å². The Labute approximate surface area is 64.4 Å². The third-order valence-corrected chi connectivity index (χ3v) is 1.36. The number of hydrogen-bond donors (Lipinski definition) is 0. The summed E-state index contributed by atoms with van der Waals surface area (Å²) in [5, 5.41) is 0.608. The van der Waals surface area contributed by atoms with Gasteiger partial charge in [-0.3, -0.25) is 0 Å². The molecule has 1 rings (SSSR count). The summed E-state index contributed by atoms with van der Waals surface area (Å²) in [5.41, 5.74) is 0.445. The second kappa shape index (κ2) is 2.59. The largest absolute Gasteiger partial charge is 0.225 e. The van der Waals surface area contributed by atoms with Crippen LogP contribution in [-0.4, -0.2) is 12.8 Å². The van der Waals surface area contributed by atoms with E-state index in [1.165, 1.54) is 0 Å². The van der Waals surface area contributed by atoms with Crippen molar-refractivity contribution in [1.29, 1.82) is 0 Å². The van der Waals surface area contributed by atoms with Gasteiger partial charge in [0.2, 0.25) is 0 Å². The summed E-state index contributed by atoms with van der Waals surface area (Å²) in [6, 6.07) is 3.19. The first-order valence-electron chi connectivity index (χ1n) is 2.27. The third-order valence-electron chi connectivity index (χ3n) is 0.844. The number of pyridine rings is 1. The Bertz CT molecular complexity index is 226. The van der Waals surface area contributed by atoms with Crippen LogP contribution in [0.2, 0.25) is 10.3 Å². The lowest BCUT2D eigenvalue weighted by atomic mass is 9.99. The molecule has 1 nitrogen and oxygen atoms in total. The molecule has 0 aliphatic carbocycles. The van der Waals surface area contributed by atoms with Crippen molar-refractivity contribution < 1.29 is 0 Å². The lowest BCUT2D eigenvalue weighted by Gasteiger charge is -1.94. The van der Waals surface area contributed by atoms with Crippen LogP contribution < -0.4 is 5.46 Å². The summed E-state index contributed by atoms with van der Waals surface area (Å²) < 4.78 is 0. The maximum atomic E-state index is 5.49. The van der Waals surface area contributed by atoms with Gasteiger partial charge in [-0.25, -0.2) is 4.98 Å². The smallest absolute Gasteiger partial charge is 0.130 e. The van der Waals surface area contributed by atoms with Crippen molar-refractivity contribution in [3.63, 3.8) is 0 Å². The van der Waals surface area contributed by atoms with Gasteiger partial charge < -0.3 is 0 Å². The quantitative estimate of drug-likeness (QED) is 0.407. The van der Waals surface area contributed by atoms with Crippen molar-refractivity contribution >= 4 is 36.5 Å². The van der Waals surface area contributed by atoms with Crippen molar-refractivity contribution in [2.75, 3.05) is 0 Å². The van der Waals surface area contributed by atoms with Crippen molar-refractivity contribution in [3.05, 3.63) is 22.4 Å². The van der Waals surface area contributed by atoms with E-state index in [0.717, 1.165) is 0 Å². The molecule has 4 heteroatoms. The van der Waals surface area contributed by atoms with Gasteiger partial charge in [-0.1, -0.05) is 34.7 Å². The predicted octanol–water partition coefficient (Wildman–Crippen LogP) is 1.18. The summed E-state index contributed by atoms with van der Waals surface area (Å²) in [5.74, 6) is 0. The first-order chi connectivity index (χ1) is 4.20. The lowest BCUT2D eigenvalue weighted by molar-refractivity contribution is 1.35. The van der Waals surface area contributed by atoms with Gasteiger partial charge in [0.25, 0.3) is 0 Å². The molecule has 0 atom stereocenters. The Hall–Kier alpha value is -0.205. The van der Waals surface area contributed by atoms with E-state index in [-0.39, 0.29) is 5.15 Å². The molecule has 2 radical (unpaired) electrons. The molecule has 0 spiro atoms. The van der Waals surface area contributed by atoms with E-state index in [2.05, 4.69) is 4.98 Å². The van der Waals surface area contributed by atoms with Gasteiger partial charge >= 0.3 is 0 Å². The Morgan fingerprint density at radius 3 is 2.44 bits per heavy atom. The minimum absolute atomic E-state index is 0.252. The molecule has 0 fully saturated rings. The summed E-state index contributed by atoms with van der Waals surface area (Å²) in [6.07, 6.45) is 0. The van der Waals surface area contributed by atoms with Gasteiger partial charge in [0, 0.05) is 0 Å². The molecular weight excluding hydrogens is 156 g/mol. The fourth-order valence-electron chi connectivity index (χ4n) is 0.423. The molecule has 1 aromatic rings. The topological polar surface area (TPSA) is 12.9 Å². The Kier molecular flexibility index (Phi) is 1.99. The third kappa shape index (κ3) is 1.60. The Balaban J connectivity index is 3.17. The minimum atomic E-state index is 0.252. The van der Waals surface area contributed by atoms with Gasteiger partial charge in [0.05, 0.1) is 0 Å². The van der Waals surface area contributed by atoms with Gasteiger partial charge in [-0.15, -0.1) is 0 Å². The summed E-state index contributed by atoms with van der Waals surface area (Å²) >= 11 is 11.0. The van der Waals surface area contributed by atoms with Crippen molar-refractivity contribution in [1.82, 2.24) is 4.98 Å². The molecule has 0 amide bonds. The Morgan fingerprint density at radius 1 is 1.33 bits per heavy atom. The number of rotatable bonds is 0. The van der Waals surface area contributed by atoms with Gasteiger partial charge in [-0.2, -0.15) is 0 Å². The standard InChI is InChI=1S/C5H2BCl2N/c6-3-1-2-4(7)9-5(3)8/h1-2H. The maximum absolute atomic E-state index is 5.49. The molecule has 44 valence electrons. The average Bonchev–Trinajstić information content (AvgIpc) is 1.80. The zero-order valence-electron chi connectivity index (χ0n) is 4.44. The van der Waals surface area contributed by atoms with Crippen molar-refractivity contribution in [3.8, 4) is 0 Å². The molecule has 9 heavy (non-hydrogen) atoms. The van der Waals surface area contributed by atoms with E-state index in [1.54, 1.807) is 12.1 Å². The van der Waals surface area contributed by atoms with Crippen LogP contribution in [0, 0.1) is 0 Å². The summed E-state index contributed by atoms with van der Waals surface area (Å²) in [4.78, 5) is 3.68. The van der Waals surface area contributed by atoms with Crippen molar-refractivity contribution in [2.45, 2.75) is 0 Å². The van der Waals surface area contributed by atoms with Gasteiger partial charge in [0.15, 0.2) is 0 Å². The monoisotopic (exact) mass is 157 g/mol. The van der Waals surface area contributed by atoms with Crippen LogP contribution in [0.4, 0.5) is 0 Å². The van der Waals surface area contributed by atoms with E-state index < -0.39 is 0 Å². The molecule has 0 saturated carbocycles. The SMILES string of the molecule is [B]c1ccc(Cl)nc1Cl. The van der Waals surface area contributed by atoms with E-state index in [4.69, 9.17) is 31.0 Å². The molecule has 0 bridgehead atoms. The van der Waals surface area contributed by atoms with Crippen LogP contribution in [0.1, 0.15) is 0 Å². The van der Waals surface area contributed by atoms with Crippen molar-refractivity contribution in [2.24, 2.45) is 0 Å². The highest BCUT2D eigenvalue weighted by molar-refractivity contribution is 6.44. The fourth-order valence-corrected chi connectivity index (χ4v) is 0.768. The van der Waals surface area contributed by atoms with Crippen LogP contribution >= 0.6 is 23.2 Å². The van der Waals surface area contributed by atoms with Crippen LogP contribution in [0.15, 0.2) is 12.1 Å². The molecule has 1 heterocycles. The molecule has 0 unspecified atom stereocenters. The fraction of sp³-hybridized carbons (Fsp3) is 0. The maximum Gasteiger partial charge on any atom is 0.130 e. The first kappa shape index (κ1) is 6.91. The predicted molar refractivity (Wildman–Crippen MR) is 39.6 cm³/mol. The number of aromatic nitrogens is 1. The molecule has 1 aromatic heterocycles. The van der Waals surface area contributed by atoms with Gasteiger partial charge in [0.1, 0.15) is 18.2 Å². The van der Waals surface area contributed by atoms with E-state index in [0.29, 0.717) is 10.6 Å². The molecule has 0 aromatic carbocycles. The lowest BCUT2D eigenvalue weighted by Crippen LogP contribution is -2.04. The van der Waals surface area contributed by atoms with Crippen LogP contribution in [0.25, 0.3) is 0 Å². The first-order valence-corrected chi connectivity index (χ1v) is 3.03. The van der Waals surface area contributed by atoms with E-state index in [9.17, 15) is 0 Å². The highest BCUT2D eigenvalue weighted by Crippen LogP contribution is 2.05. The zero-order chi connectivity index (χ0) is 6.85. The van der Waals surface area contributed by atoms with Gasteiger partial charge in [-0.05, 0) is 6.07 Å². The molecule has 0 saturated heterocycles. The average molecular weight is 158 g/mol. The van der Waals surface area contributed by atoms with E-state index >= 15 is 0 Å². The highest BCUT2D eigenvalue weighted by atomic mass is 35.5. The highest BCUT2D eigenvalue weighted by Gasteiger charge is 1.94. The zero-order valence-corrected chi connectivity index (χ0v) is 5.95. The second-order valence-electron chi connectivity index (χ2n) is 1.51. The second-order valence-corrected chi connectivity index (χ2v) is 2.26. The number of halogens is 2. The minimum Gasteiger partial charge on any atom is -0.225 e. The summed E-state index contributed by atoms with van der Waals surface area (Å²) in [6.45, 7) is 0. The van der Waals surface area contributed by atoms with Crippen LogP contribution in [0.3, 0.4) is 0 Å². The molecule has 0 N–H and O–H groups in total. The number of hydrogen-bond acceptors (Lipinski definition) is 1. The number of nitrogens with zero attached hydrogens (tertiary/aromatic N) is 1. The van der Waals surface area contributed by atoms with Crippen LogP contribution in [0.5, 0.6) is 0 Å². The Morgan fingerprint density at radius 2 is 2.00 bits per heavy atom. The summed E-state index contributed by atoms with van der Waals surface area (Å²) in [7, 11) is 5.34. The molecular formula is C5H2BCl2N. The molecule has 0 aliphatic rings. The molecule has 0 aliphatic heterocycles.